The molecule has 2 aliphatic rings. The zero-order valence-corrected chi connectivity index (χ0v) is 10.9. The quantitative estimate of drug-likeness (QED) is 0.757. The molecule has 0 N–H and O–H groups in total. The van der Waals surface area contributed by atoms with E-state index in [0.29, 0.717) is 12.5 Å². The number of hydrogen-bond donors (Lipinski definition) is 0. The average molecular weight is 258 g/mol. The number of hydrogen-bond acceptors (Lipinski definition) is 4. The fraction of sp³-hybridized carbons (Fsp3) is 0.500. The summed E-state index contributed by atoms with van der Waals surface area (Å²) in [5, 5.41) is 0. The van der Waals surface area contributed by atoms with Crippen molar-refractivity contribution in [2.75, 3.05) is 31.1 Å². The van der Waals surface area contributed by atoms with Crippen molar-refractivity contribution in [3.8, 4) is 0 Å². The summed E-state index contributed by atoms with van der Waals surface area (Å²) in [5.74, 6) is 1.70. The summed E-state index contributed by atoms with van der Waals surface area (Å²) in [6.07, 6.45) is 8.00. The monoisotopic (exact) mass is 258 g/mol. The summed E-state index contributed by atoms with van der Waals surface area (Å²) < 4.78 is 0. The standard InChI is InChI=1S/C14H18N4O/c1-2-6-17-7-3-11-9-18(10-12(11)14(17)19)13-8-15-4-5-16-13/h2,4-5,8,11-12H,1,3,6-7,9-10H2/t11-,12+/m0/s1. The molecule has 2 fully saturated rings. The summed E-state index contributed by atoms with van der Waals surface area (Å²) in [6, 6.07) is 0. The molecule has 1 amide bonds. The predicted octanol–water partition coefficient (Wildman–Crippen LogP) is 0.947. The number of piperidine rings is 1. The molecule has 0 radical (unpaired) electrons. The second-order valence-electron chi connectivity index (χ2n) is 5.20. The van der Waals surface area contributed by atoms with E-state index in [1.165, 1.54) is 0 Å². The van der Waals surface area contributed by atoms with Gasteiger partial charge in [0.25, 0.3) is 0 Å². The third-order valence-electron chi connectivity index (χ3n) is 4.06. The molecular formula is C14H18N4O. The van der Waals surface area contributed by atoms with E-state index in [0.717, 1.165) is 31.9 Å². The Balaban J connectivity index is 1.74. The zero-order chi connectivity index (χ0) is 13.2. The van der Waals surface area contributed by atoms with Crippen LogP contribution in [0.5, 0.6) is 0 Å². The Hall–Kier alpha value is -1.91. The highest BCUT2D eigenvalue weighted by molar-refractivity contribution is 5.81. The van der Waals surface area contributed by atoms with Crippen molar-refractivity contribution in [3.05, 3.63) is 31.2 Å². The van der Waals surface area contributed by atoms with Gasteiger partial charge in [0.05, 0.1) is 12.1 Å². The summed E-state index contributed by atoms with van der Waals surface area (Å²) in [5.41, 5.74) is 0. The normalized spacial score (nSPS) is 26.4. The summed E-state index contributed by atoms with van der Waals surface area (Å²) >= 11 is 0. The van der Waals surface area contributed by atoms with Crippen LogP contribution in [0, 0.1) is 11.8 Å². The lowest BCUT2D eigenvalue weighted by Crippen LogP contribution is -2.45. The molecule has 2 atom stereocenters. The minimum atomic E-state index is 0.107. The van der Waals surface area contributed by atoms with Gasteiger partial charge in [-0.3, -0.25) is 9.78 Å². The molecule has 5 heteroatoms. The topological polar surface area (TPSA) is 49.3 Å². The van der Waals surface area contributed by atoms with Gasteiger partial charge in [0, 0.05) is 38.6 Å². The highest BCUT2D eigenvalue weighted by Crippen LogP contribution is 2.33. The number of nitrogens with zero attached hydrogens (tertiary/aromatic N) is 4. The van der Waals surface area contributed by atoms with Crippen LogP contribution in [0.2, 0.25) is 0 Å². The van der Waals surface area contributed by atoms with Crippen LogP contribution in [0.4, 0.5) is 5.82 Å². The van der Waals surface area contributed by atoms with Crippen LogP contribution in [-0.4, -0.2) is 47.0 Å². The molecule has 2 saturated heterocycles. The number of aromatic nitrogens is 2. The van der Waals surface area contributed by atoms with Crippen LogP contribution in [0.3, 0.4) is 0 Å². The van der Waals surface area contributed by atoms with E-state index in [4.69, 9.17) is 0 Å². The second kappa shape index (κ2) is 4.99. The minimum Gasteiger partial charge on any atom is -0.354 e. The van der Waals surface area contributed by atoms with Crippen molar-refractivity contribution >= 4 is 11.7 Å². The highest BCUT2D eigenvalue weighted by Gasteiger charge is 2.42. The van der Waals surface area contributed by atoms with Crippen molar-refractivity contribution in [1.82, 2.24) is 14.9 Å². The van der Waals surface area contributed by atoms with E-state index >= 15 is 0 Å². The van der Waals surface area contributed by atoms with Crippen LogP contribution < -0.4 is 4.90 Å². The molecule has 19 heavy (non-hydrogen) atoms. The average Bonchev–Trinajstić information content (AvgIpc) is 2.88. The maximum atomic E-state index is 12.4. The summed E-state index contributed by atoms with van der Waals surface area (Å²) in [6.45, 7) is 6.90. The van der Waals surface area contributed by atoms with Crippen molar-refractivity contribution < 1.29 is 4.79 Å². The van der Waals surface area contributed by atoms with Crippen molar-refractivity contribution in [3.63, 3.8) is 0 Å². The maximum absolute atomic E-state index is 12.4. The number of carbonyl (C=O) groups excluding carboxylic acids is 1. The van der Waals surface area contributed by atoms with Crippen LogP contribution in [0.15, 0.2) is 31.2 Å². The molecule has 5 nitrogen and oxygen atoms in total. The van der Waals surface area contributed by atoms with E-state index in [1.807, 2.05) is 4.90 Å². The lowest BCUT2D eigenvalue weighted by molar-refractivity contribution is -0.138. The molecule has 100 valence electrons. The Labute approximate surface area is 113 Å². The Morgan fingerprint density at radius 1 is 1.42 bits per heavy atom. The lowest BCUT2D eigenvalue weighted by atomic mass is 9.88. The van der Waals surface area contributed by atoms with Crippen molar-refractivity contribution in [2.45, 2.75) is 6.42 Å². The fourth-order valence-corrected chi connectivity index (χ4v) is 3.09. The Morgan fingerprint density at radius 2 is 2.32 bits per heavy atom. The Bertz CT molecular complexity index is 476. The van der Waals surface area contributed by atoms with Crippen molar-refractivity contribution in [1.29, 1.82) is 0 Å². The molecule has 0 saturated carbocycles. The van der Waals surface area contributed by atoms with Gasteiger partial charge in [0.15, 0.2) is 0 Å². The first-order chi connectivity index (χ1) is 9.29. The van der Waals surface area contributed by atoms with E-state index < -0.39 is 0 Å². The van der Waals surface area contributed by atoms with Gasteiger partial charge < -0.3 is 9.80 Å². The molecule has 1 aromatic heterocycles. The number of carbonyl (C=O) groups is 1. The minimum absolute atomic E-state index is 0.107. The first-order valence-corrected chi connectivity index (χ1v) is 6.70. The van der Waals surface area contributed by atoms with Gasteiger partial charge in [-0.2, -0.15) is 0 Å². The largest absolute Gasteiger partial charge is 0.354 e. The number of rotatable bonds is 3. The number of amides is 1. The van der Waals surface area contributed by atoms with E-state index in [-0.39, 0.29) is 11.8 Å². The molecule has 0 aromatic carbocycles. The molecule has 0 unspecified atom stereocenters. The van der Waals surface area contributed by atoms with E-state index in [2.05, 4.69) is 21.4 Å². The van der Waals surface area contributed by atoms with Gasteiger partial charge in [-0.05, 0) is 12.3 Å². The maximum Gasteiger partial charge on any atom is 0.228 e. The van der Waals surface area contributed by atoms with Gasteiger partial charge >= 0.3 is 0 Å². The first-order valence-electron chi connectivity index (χ1n) is 6.70. The second-order valence-corrected chi connectivity index (χ2v) is 5.20. The molecule has 0 aliphatic carbocycles. The van der Waals surface area contributed by atoms with Crippen LogP contribution in [-0.2, 0) is 4.79 Å². The molecule has 0 spiro atoms. The van der Waals surface area contributed by atoms with Gasteiger partial charge in [-0.1, -0.05) is 6.08 Å². The van der Waals surface area contributed by atoms with Gasteiger partial charge in [-0.25, -0.2) is 4.98 Å². The van der Waals surface area contributed by atoms with Gasteiger partial charge in [-0.15, -0.1) is 6.58 Å². The Morgan fingerprint density at radius 3 is 3.05 bits per heavy atom. The molecule has 2 aliphatic heterocycles. The highest BCUT2D eigenvalue weighted by atomic mass is 16.2. The van der Waals surface area contributed by atoms with Crippen molar-refractivity contribution in [2.24, 2.45) is 11.8 Å². The Kier molecular flexibility index (Phi) is 3.19. The number of anilines is 1. The number of fused-ring (bicyclic) bond motifs is 1. The van der Waals surface area contributed by atoms with Gasteiger partial charge in [0.2, 0.25) is 5.91 Å². The molecular weight excluding hydrogens is 240 g/mol. The smallest absolute Gasteiger partial charge is 0.228 e. The van der Waals surface area contributed by atoms with E-state index in [9.17, 15) is 4.79 Å². The fourth-order valence-electron chi connectivity index (χ4n) is 3.09. The molecule has 3 heterocycles. The predicted molar refractivity (Wildman–Crippen MR) is 72.6 cm³/mol. The van der Waals surface area contributed by atoms with Gasteiger partial charge in [0.1, 0.15) is 5.82 Å². The zero-order valence-electron chi connectivity index (χ0n) is 10.9. The van der Waals surface area contributed by atoms with Crippen LogP contribution in [0.1, 0.15) is 6.42 Å². The van der Waals surface area contributed by atoms with E-state index in [1.54, 1.807) is 24.7 Å². The molecule has 0 bridgehead atoms. The third kappa shape index (κ3) is 2.20. The molecule has 3 rings (SSSR count). The summed E-state index contributed by atoms with van der Waals surface area (Å²) in [7, 11) is 0. The molecule has 1 aromatic rings. The summed E-state index contributed by atoms with van der Waals surface area (Å²) in [4.78, 5) is 24.9. The number of likely N-dealkylation sites (tertiary alicyclic amines) is 1. The van der Waals surface area contributed by atoms with Crippen LogP contribution >= 0.6 is 0 Å². The van der Waals surface area contributed by atoms with Crippen LogP contribution in [0.25, 0.3) is 0 Å². The third-order valence-corrected chi connectivity index (χ3v) is 4.06. The lowest BCUT2D eigenvalue weighted by Gasteiger charge is -2.32. The first kappa shape index (κ1) is 12.1. The SMILES string of the molecule is C=CCN1CC[C@H]2CN(c3cnccn3)C[C@H]2C1=O.